The second-order valence-corrected chi connectivity index (χ2v) is 15.1. The minimum atomic E-state index is -4.27. The molecule has 0 saturated heterocycles. The second-order valence-electron chi connectivity index (χ2n) is 13.3. The summed E-state index contributed by atoms with van der Waals surface area (Å²) in [6, 6.07) is 0. The smallest absolute Gasteiger partial charge is 0.319 e. The van der Waals surface area contributed by atoms with Gasteiger partial charge in [0, 0.05) is 7.11 Å². The number of carbonyl (C=O) groups excluding carboxylic acids is 1. The summed E-state index contributed by atoms with van der Waals surface area (Å²) in [5, 5.41) is 0. The van der Waals surface area contributed by atoms with Crippen LogP contribution in [0.4, 0.5) is 0 Å². The molecule has 34 heavy (non-hydrogen) atoms. The quantitative estimate of drug-likeness (QED) is 0.275. The molecule has 0 spiro atoms. The van der Waals surface area contributed by atoms with Crippen molar-refractivity contribution in [1.82, 2.24) is 0 Å². The lowest BCUT2D eigenvalue weighted by molar-refractivity contribution is -0.161. The van der Waals surface area contributed by atoms with E-state index in [-0.39, 0.29) is 5.41 Å². The van der Waals surface area contributed by atoms with E-state index in [1.54, 1.807) is 0 Å². The fourth-order valence-electron chi connectivity index (χ4n) is 9.65. The van der Waals surface area contributed by atoms with Crippen molar-refractivity contribution >= 4 is 13.1 Å². The highest BCUT2D eigenvalue weighted by atomic mass is 31.2. The van der Waals surface area contributed by atoms with Crippen LogP contribution in [0.25, 0.3) is 0 Å². The highest BCUT2D eigenvalue weighted by molar-refractivity contribution is 7.71. The average Bonchev–Trinajstić information content (AvgIpc) is 3.15. The molecule has 4 aliphatic carbocycles. The van der Waals surface area contributed by atoms with E-state index >= 15 is 0 Å². The number of rotatable bonds is 8. The van der Waals surface area contributed by atoms with Crippen molar-refractivity contribution in [1.29, 1.82) is 0 Å². The van der Waals surface area contributed by atoms with E-state index in [9.17, 15) is 14.3 Å². The van der Waals surface area contributed by atoms with Crippen LogP contribution >= 0.6 is 7.60 Å². The van der Waals surface area contributed by atoms with Crippen LogP contribution in [-0.4, -0.2) is 17.5 Å². The van der Waals surface area contributed by atoms with E-state index in [0.717, 1.165) is 49.4 Å². The van der Waals surface area contributed by atoms with Crippen molar-refractivity contribution in [2.75, 3.05) is 7.11 Å². The molecule has 5 heteroatoms. The van der Waals surface area contributed by atoms with Gasteiger partial charge < -0.3 is 9.42 Å². The van der Waals surface area contributed by atoms with Crippen LogP contribution in [0.2, 0.25) is 0 Å². The van der Waals surface area contributed by atoms with Gasteiger partial charge in [-0.15, -0.1) is 0 Å². The molecule has 4 rings (SSSR count). The largest absolute Gasteiger partial charge is 0.394 e. The molecule has 0 amide bonds. The number of allylic oxidation sites excluding steroid dienone is 2. The highest BCUT2D eigenvalue weighted by Crippen LogP contribution is 2.73. The Balaban J connectivity index is 1.58. The van der Waals surface area contributed by atoms with Gasteiger partial charge in [0.15, 0.2) is 0 Å². The van der Waals surface area contributed by atoms with Gasteiger partial charge >= 0.3 is 7.60 Å². The van der Waals surface area contributed by atoms with Gasteiger partial charge in [0.25, 0.3) is 5.52 Å². The van der Waals surface area contributed by atoms with Gasteiger partial charge in [-0.25, -0.2) is 0 Å². The van der Waals surface area contributed by atoms with E-state index < -0.39 is 18.5 Å². The predicted molar refractivity (Wildman–Crippen MR) is 138 cm³/mol. The summed E-state index contributed by atoms with van der Waals surface area (Å²) < 4.78 is 17.7. The zero-order valence-electron chi connectivity index (χ0n) is 22.5. The summed E-state index contributed by atoms with van der Waals surface area (Å²) in [4.78, 5) is 24.0. The molecular weight excluding hydrogens is 443 g/mol. The van der Waals surface area contributed by atoms with Gasteiger partial charge in [0.1, 0.15) is 0 Å². The Morgan fingerprint density at radius 2 is 1.74 bits per heavy atom. The van der Waals surface area contributed by atoms with Gasteiger partial charge in [-0.05, 0) is 97.7 Å². The SMILES string of the molecule is COP(=O)(O)C(=O)C12CC=CC[C@]1(C)C1CC[C@@]3(C)C(CC[C@@H]3[C@H](C)CCCC(C)C)C1CC2. The van der Waals surface area contributed by atoms with Crippen LogP contribution in [0.3, 0.4) is 0 Å². The fraction of sp³-hybridized carbons (Fsp3) is 0.897. The molecule has 5 unspecified atom stereocenters. The molecule has 0 aliphatic heterocycles. The van der Waals surface area contributed by atoms with E-state index in [4.69, 9.17) is 4.52 Å². The van der Waals surface area contributed by atoms with Gasteiger partial charge in [0.05, 0.1) is 5.41 Å². The van der Waals surface area contributed by atoms with Crippen LogP contribution in [-0.2, 0) is 13.9 Å². The van der Waals surface area contributed by atoms with Gasteiger partial charge in [-0.2, -0.15) is 0 Å². The third-order valence-corrected chi connectivity index (χ3v) is 13.0. The molecule has 0 aromatic heterocycles. The first-order chi connectivity index (χ1) is 15.9. The summed E-state index contributed by atoms with van der Waals surface area (Å²) >= 11 is 0. The predicted octanol–water partition coefficient (Wildman–Crippen LogP) is 8.00. The van der Waals surface area contributed by atoms with Gasteiger partial charge in [-0.1, -0.05) is 66.0 Å². The molecule has 194 valence electrons. The molecule has 1 N–H and O–H groups in total. The molecule has 3 fully saturated rings. The third kappa shape index (κ3) is 4.03. The zero-order chi connectivity index (χ0) is 24.9. The Hall–Kier alpha value is -0.440. The van der Waals surface area contributed by atoms with Gasteiger partial charge in [0.2, 0.25) is 0 Å². The van der Waals surface area contributed by atoms with Crippen molar-refractivity contribution in [3.8, 4) is 0 Å². The lowest BCUT2D eigenvalue weighted by Crippen LogP contribution is -2.59. The number of carbonyl (C=O) groups is 1. The van der Waals surface area contributed by atoms with Crippen LogP contribution in [0.1, 0.15) is 105 Å². The monoisotopic (exact) mass is 492 g/mol. The molecule has 4 nitrogen and oxygen atoms in total. The van der Waals surface area contributed by atoms with Crippen molar-refractivity contribution in [3.05, 3.63) is 12.2 Å². The Labute approximate surface area is 208 Å². The van der Waals surface area contributed by atoms with Crippen LogP contribution in [0.5, 0.6) is 0 Å². The third-order valence-electron chi connectivity index (χ3n) is 11.5. The molecule has 0 bridgehead atoms. The maximum atomic E-state index is 13.6. The maximum absolute atomic E-state index is 13.6. The lowest BCUT2D eigenvalue weighted by atomic mass is 9.41. The first-order valence-corrected chi connectivity index (χ1v) is 15.6. The standard InChI is InChI=1S/C29H49O4P/c1-20(2)10-9-11-21(3)23-12-13-24-22-14-19-29(26(30)34(31,32)33-6)17-8-7-16-28(29,5)25(22)15-18-27(23,24)4/h7-8,20-25H,9-19H2,1-6H3,(H,31,32)/t21-,22?,23-,24?,25?,27-,28-,29?/m1/s1. The Morgan fingerprint density at radius 3 is 2.41 bits per heavy atom. The summed E-state index contributed by atoms with van der Waals surface area (Å²) in [5.74, 6) is 4.18. The number of fused-ring (bicyclic) bond motifs is 5. The molecule has 4 aliphatic rings. The topological polar surface area (TPSA) is 63.6 Å². The Bertz CT molecular complexity index is 851. The van der Waals surface area contributed by atoms with Crippen LogP contribution in [0.15, 0.2) is 12.2 Å². The van der Waals surface area contributed by atoms with Crippen molar-refractivity contribution < 1.29 is 18.8 Å². The van der Waals surface area contributed by atoms with E-state index in [1.807, 2.05) is 0 Å². The van der Waals surface area contributed by atoms with Gasteiger partial charge in [-0.3, -0.25) is 9.36 Å². The summed E-state index contributed by atoms with van der Waals surface area (Å²) in [5.41, 5.74) is -1.15. The van der Waals surface area contributed by atoms with Crippen molar-refractivity contribution in [2.24, 2.45) is 51.8 Å². The average molecular weight is 493 g/mol. The lowest BCUT2D eigenvalue weighted by Gasteiger charge is -2.63. The fourth-order valence-corrected chi connectivity index (χ4v) is 10.8. The van der Waals surface area contributed by atoms with Crippen molar-refractivity contribution in [2.45, 2.75) is 105 Å². The molecule has 0 heterocycles. The first kappa shape index (κ1) is 26.6. The normalized spacial score (nSPS) is 44.1. The highest BCUT2D eigenvalue weighted by Gasteiger charge is 2.67. The molecule has 0 aromatic rings. The summed E-state index contributed by atoms with van der Waals surface area (Å²) in [7, 11) is -3.07. The molecule has 9 atom stereocenters. The minimum Gasteiger partial charge on any atom is -0.319 e. The molecule has 0 aromatic carbocycles. The molecule has 3 saturated carbocycles. The Morgan fingerprint density at radius 1 is 1.03 bits per heavy atom. The van der Waals surface area contributed by atoms with Crippen molar-refractivity contribution in [3.63, 3.8) is 0 Å². The minimum absolute atomic E-state index is 0.263. The zero-order valence-corrected chi connectivity index (χ0v) is 23.4. The van der Waals surface area contributed by atoms with Crippen LogP contribution < -0.4 is 0 Å². The summed E-state index contributed by atoms with van der Waals surface area (Å²) in [6.45, 7) is 12.0. The number of hydrogen-bond donors (Lipinski definition) is 1. The first-order valence-electron chi connectivity index (χ1n) is 14.0. The Kier molecular flexibility index (Phi) is 7.40. The maximum Gasteiger partial charge on any atom is 0.394 e. The molecule has 0 radical (unpaired) electrons. The molecular formula is C29H49O4P. The summed E-state index contributed by atoms with van der Waals surface area (Å²) in [6.07, 6.45) is 16.5. The van der Waals surface area contributed by atoms with E-state index in [2.05, 4.69) is 46.8 Å². The second kappa shape index (κ2) is 9.46. The van der Waals surface area contributed by atoms with E-state index in [0.29, 0.717) is 23.7 Å². The number of hydrogen-bond acceptors (Lipinski definition) is 3. The van der Waals surface area contributed by atoms with E-state index in [1.165, 1.54) is 45.6 Å². The van der Waals surface area contributed by atoms with Crippen LogP contribution in [0, 0.1) is 51.8 Å².